The van der Waals surface area contributed by atoms with Gasteiger partial charge < -0.3 is 14.9 Å². The highest BCUT2D eigenvalue weighted by Crippen LogP contribution is 2.38. The Bertz CT molecular complexity index is 485. The molecule has 1 aromatic carbocycles. The molecule has 5 heteroatoms. The fraction of sp³-hybridized carbons (Fsp3) is 0.533. The van der Waals surface area contributed by atoms with Crippen LogP contribution in [0.15, 0.2) is 18.2 Å². The largest absolute Gasteiger partial charge is 0.508 e. The smallest absolute Gasteiger partial charge is 0.304 e. The fourth-order valence-electron chi connectivity index (χ4n) is 2.50. The number of hydrogen-bond donors (Lipinski definition) is 2. The van der Waals surface area contributed by atoms with Gasteiger partial charge in [-0.25, -0.2) is 0 Å². The van der Waals surface area contributed by atoms with Crippen molar-refractivity contribution in [3.8, 4) is 11.5 Å². The van der Waals surface area contributed by atoms with E-state index in [0.717, 1.165) is 18.4 Å². The van der Waals surface area contributed by atoms with Gasteiger partial charge in [-0.1, -0.05) is 0 Å². The molecule has 0 heterocycles. The summed E-state index contributed by atoms with van der Waals surface area (Å²) in [5.41, 5.74) is 0.779. The van der Waals surface area contributed by atoms with Crippen LogP contribution in [0.3, 0.4) is 0 Å². The van der Waals surface area contributed by atoms with Gasteiger partial charge in [0.05, 0.1) is 13.5 Å². The van der Waals surface area contributed by atoms with Crippen molar-refractivity contribution in [2.45, 2.75) is 38.3 Å². The van der Waals surface area contributed by atoms with E-state index < -0.39 is 5.97 Å². The molecule has 1 saturated carbocycles. The van der Waals surface area contributed by atoms with Crippen molar-refractivity contribution in [3.63, 3.8) is 0 Å². The predicted molar refractivity (Wildman–Crippen MR) is 75.1 cm³/mol. The molecular weight excluding hydrogens is 258 g/mol. The van der Waals surface area contributed by atoms with Gasteiger partial charge in [0, 0.05) is 24.2 Å². The van der Waals surface area contributed by atoms with Crippen LogP contribution in [0.4, 0.5) is 0 Å². The normalized spacial score (nSPS) is 16.1. The number of aromatic hydroxyl groups is 1. The maximum atomic E-state index is 10.8. The Morgan fingerprint density at radius 1 is 1.50 bits per heavy atom. The van der Waals surface area contributed by atoms with Gasteiger partial charge in [0.2, 0.25) is 0 Å². The van der Waals surface area contributed by atoms with Crippen LogP contribution in [0.1, 0.15) is 37.8 Å². The number of rotatable bonds is 7. The van der Waals surface area contributed by atoms with Crippen LogP contribution in [-0.2, 0) is 4.79 Å². The number of benzene rings is 1. The Morgan fingerprint density at radius 3 is 2.75 bits per heavy atom. The number of carboxylic acids is 1. The van der Waals surface area contributed by atoms with E-state index in [2.05, 4.69) is 4.90 Å². The summed E-state index contributed by atoms with van der Waals surface area (Å²) in [7, 11) is 1.59. The first-order valence-electron chi connectivity index (χ1n) is 6.87. The van der Waals surface area contributed by atoms with Crippen LogP contribution in [0.2, 0.25) is 0 Å². The third kappa shape index (κ3) is 3.42. The van der Waals surface area contributed by atoms with Crippen LogP contribution in [0, 0.1) is 0 Å². The topological polar surface area (TPSA) is 70.0 Å². The minimum atomic E-state index is -0.794. The first-order valence-corrected chi connectivity index (χ1v) is 6.87. The van der Waals surface area contributed by atoms with E-state index in [1.54, 1.807) is 19.2 Å². The van der Waals surface area contributed by atoms with Crippen LogP contribution in [0.25, 0.3) is 0 Å². The molecule has 1 aliphatic rings. The maximum Gasteiger partial charge on any atom is 0.304 e. The predicted octanol–water partition coefficient (Wildman–Crippen LogP) is 2.40. The number of methoxy groups -OCH3 is 1. The fourth-order valence-corrected chi connectivity index (χ4v) is 2.50. The summed E-state index contributed by atoms with van der Waals surface area (Å²) in [4.78, 5) is 12.9. The molecule has 1 aromatic rings. The van der Waals surface area contributed by atoms with Gasteiger partial charge in [-0.15, -0.1) is 0 Å². The van der Waals surface area contributed by atoms with Crippen LogP contribution >= 0.6 is 0 Å². The molecule has 0 aliphatic heterocycles. The Labute approximate surface area is 118 Å². The van der Waals surface area contributed by atoms with E-state index in [4.69, 9.17) is 9.84 Å². The Morgan fingerprint density at radius 2 is 2.20 bits per heavy atom. The van der Waals surface area contributed by atoms with Crippen molar-refractivity contribution in [3.05, 3.63) is 23.8 Å². The molecular formula is C15H21NO4. The molecule has 1 aliphatic carbocycles. The molecule has 5 nitrogen and oxygen atoms in total. The number of nitrogens with zero attached hydrogens (tertiary/aromatic N) is 1. The number of hydrogen-bond acceptors (Lipinski definition) is 4. The second-order valence-corrected chi connectivity index (χ2v) is 5.21. The minimum Gasteiger partial charge on any atom is -0.508 e. The number of ether oxygens (including phenoxy) is 1. The monoisotopic (exact) mass is 279 g/mol. The minimum absolute atomic E-state index is 0.0306. The van der Waals surface area contributed by atoms with Crippen LogP contribution in [-0.4, -0.2) is 40.8 Å². The number of carbonyl (C=O) groups is 1. The zero-order valence-corrected chi connectivity index (χ0v) is 11.9. The van der Waals surface area contributed by atoms with E-state index in [1.165, 1.54) is 0 Å². The first kappa shape index (κ1) is 14.7. The van der Waals surface area contributed by atoms with E-state index in [-0.39, 0.29) is 18.2 Å². The summed E-state index contributed by atoms with van der Waals surface area (Å²) < 4.78 is 5.19. The summed E-state index contributed by atoms with van der Waals surface area (Å²) in [6, 6.07) is 5.54. The lowest BCUT2D eigenvalue weighted by Gasteiger charge is -2.29. The van der Waals surface area contributed by atoms with Crippen LogP contribution in [0.5, 0.6) is 11.5 Å². The van der Waals surface area contributed by atoms with E-state index >= 15 is 0 Å². The number of phenols is 1. The Balaban J connectivity index is 2.17. The van der Waals surface area contributed by atoms with Crippen molar-refractivity contribution >= 4 is 5.97 Å². The van der Waals surface area contributed by atoms with E-state index in [9.17, 15) is 9.90 Å². The van der Waals surface area contributed by atoms with Gasteiger partial charge in [0.25, 0.3) is 0 Å². The zero-order valence-electron chi connectivity index (χ0n) is 11.9. The molecule has 0 spiro atoms. The van der Waals surface area contributed by atoms with Crippen molar-refractivity contribution < 1.29 is 19.7 Å². The highest BCUT2D eigenvalue weighted by molar-refractivity contribution is 5.66. The molecule has 1 unspecified atom stereocenters. The summed E-state index contributed by atoms with van der Waals surface area (Å²) in [6.45, 7) is 2.49. The lowest BCUT2D eigenvalue weighted by atomic mass is 10.0. The van der Waals surface area contributed by atoms with Gasteiger partial charge in [-0.05, 0) is 38.0 Å². The summed E-state index contributed by atoms with van der Waals surface area (Å²) in [6.07, 6.45) is 2.30. The Hall–Kier alpha value is -1.75. The molecule has 110 valence electrons. The summed E-state index contributed by atoms with van der Waals surface area (Å²) in [5.74, 6) is 0.121. The molecule has 0 aromatic heterocycles. The molecule has 0 saturated heterocycles. The third-order valence-corrected chi connectivity index (χ3v) is 3.78. The molecule has 0 radical (unpaired) electrons. The second kappa shape index (κ2) is 6.13. The van der Waals surface area contributed by atoms with E-state index in [1.807, 2.05) is 13.0 Å². The SMILES string of the molecule is COc1ccc(O)c(C(C)N(CCC(=O)O)C2CC2)c1. The molecule has 2 N–H and O–H groups in total. The van der Waals surface area contributed by atoms with Gasteiger partial charge in [0.15, 0.2) is 0 Å². The lowest BCUT2D eigenvalue weighted by Crippen LogP contribution is -2.31. The first-order chi connectivity index (χ1) is 9.52. The molecule has 0 bridgehead atoms. The van der Waals surface area contributed by atoms with Gasteiger partial charge in [-0.3, -0.25) is 9.69 Å². The van der Waals surface area contributed by atoms with Crippen molar-refractivity contribution in [2.75, 3.05) is 13.7 Å². The second-order valence-electron chi connectivity index (χ2n) is 5.21. The van der Waals surface area contributed by atoms with E-state index in [0.29, 0.717) is 18.3 Å². The lowest BCUT2D eigenvalue weighted by molar-refractivity contribution is -0.137. The number of carboxylic acid groups (broad SMARTS) is 1. The van der Waals surface area contributed by atoms with Gasteiger partial charge in [0.1, 0.15) is 11.5 Å². The maximum absolute atomic E-state index is 10.8. The average Bonchev–Trinajstić information content (AvgIpc) is 3.23. The van der Waals surface area contributed by atoms with Crippen LogP contribution < -0.4 is 4.74 Å². The highest BCUT2D eigenvalue weighted by Gasteiger charge is 2.33. The average molecular weight is 279 g/mol. The summed E-state index contributed by atoms with van der Waals surface area (Å²) >= 11 is 0. The molecule has 1 atom stereocenters. The molecule has 0 amide bonds. The Kier molecular flexibility index (Phi) is 4.49. The van der Waals surface area contributed by atoms with Crippen molar-refractivity contribution in [1.29, 1.82) is 0 Å². The number of aliphatic carboxylic acids is 1. The van der Waals surface area contributed by atoms with Gasteiger partial charge >= 0.3 is 5.97 Å². The standard InChI is InChI=1S/C15H21NO4/c1-10(13-9-12(20-2)5-6-14(13)17)16(11-3-4-11)8-7-15(18)19/h5-6,9-11,17H,3-4,7-8H2,1-2H3,(H,18,19). The third-order valence-electron chi connectivity index (χ3n) is 3.78. The summed E-state index contributed by atoms with van der Waals surface area (Å²) in [5, 5.41) is 18.9. The van der Waals surface area contributed by atoms with Crippen molar-refractivity contribution in [1.82, 2.24) is 4.90 Å². The van der Waals surface area contributed by atoms with Gasteiger partial charge in [-0.2, -0.15) is 0 Å². The molecule has 2 rings (SSSR count). The molecule has 1 fully saturated rings. The quantitative estimate of drug-likeness (QED) is 0.802. The van der Waals surface area contributed by atoms with Crippen molar-refractivity contribution in [2.24, 2.45) is 0 Å². The zero-order chi connectivity index (χ0) is 14.7. The molecule has 20 heavy (non-hydrogen) atoms. The number of phenolic OH excluding ortho intramolecular Hbond substituents is 1. The highest BCUT2D eigenvalue weighted by atomic mass is 16.5.